The Bertz CT molecular complexity index is 1060. The smallest absolute Gasteiger partial charge is 0.283 e. The Morgan fingerprint density at radius 2 is 1.97 bits per heavy atom. The van der Waals surface area contributed by atoms with E-state index in [1.165, 1.54) is 6.20 Å². The summed E-state index contributed by atoms with van der Waals surface area (Å²) in [5.74, 6) is 0.341. The van der Waals surface area contributed by atoms with Gasteiger partial charge < -0.3 is 25.3 Å². The van der Waals surface area contributed by atoms with Gasteiger partial charge in [0.1, 0.15) is 29.2 Å². The minimum absolute atomic E-state index is 0.147. The van der Waals surface area contributed by atoms with E-state index < -0.39 is 16.6 Å². The van der Waals surface area contributed by atoms with E-state index >= 15 is 0 Å². The van der Waals surface area contributed by atoms with Gasteiger partial charge in [-0.2, -0.15) is 0 Å². The molecule has 1 aromatic heterocycles. The fraction of sp³-hybridized carbons (Fsp3) is 0.429. The minimum atomic E-state index is -0.753. The summed E-state index contributed by atoms with van der Waals surface area (Å²) in [6.07, 6.45) is 3.01. The zero-order valence-electron chi connectivity index (χ0n) is 17.1. The summed E-state index contributed by atoms with van der Waals surface area (Å²) in [7, 11) is 0. The standard InChI is InChI=1S/C21H23N5O4/c1-12-7-24-15(8-23-12)17(27)25-13-4-5-16-14(6-13)21(11-29-18(22)26-21)20(9-28-10-20)19(2,3)30-16/h4-8H,9-11H2,1-3H3,(H2,22,26)(H,25,27). The maximum absolute atomic E-state index is 12.6. The first-order valence-electron chi connectivity index (χ1n) is 9.76. The number of nitrogens with zero attached hydrogens (tertiary/aromatic N) is 3. The number of ether oxygens (including phenoxy) is 3. The largest absolute Gasteiger partial charge is 0.487 e. The van der Waals surface area contributed by atoms with Crippen molar-refractivity contribution < 1.29 is 19.0 Å². The third-order valence-corrected chi connectivity index (χ3v) is 6.43. The molecular weight excluding hydrogens is 386 g/mol. The number of fused-ring (bicyclic) bond motifs is 3. The van der Waals surface area contributed by atoms with Gasteiger partial charge in [0.15, 0.2) is 0 Å². The first kappa shape index (κ1) is 18.8. The first-order chi connectivity index (χ1) is 14.3. The van der Waals surface area contributed by atoms with Gasteiger partial charge in [-0.25, -0.2) is 9.98 Å². The Hall–Kier alpha value is -3.20. The Morgan fingerprint density at radius 1 is 1.17 bits per heavy atom. The molecule has 1 atom stereocenters. The van der Waals surface area contributed by atoms with Gasteiger partial charge in [-0.3, -0.25) is 9.78 Å². The van der Waals surface area contributed by atoms with E-state index in [2.05, 4.69) is 15.3 Å². The lowest BCUT2D eigenvalue weighted by atomic mass is 9.55. The highest BCUT2D eigenvalue weighted by Gasteiger charge is 2.71. The Labute approximate surface area is 173 Å². The fourth-order valence-corrected chi connectivity index (χ4v) is 4.56. The molecule has 3 aliphatic rings. The van der Waals surface area contributed by atoms with Crippen molar-refractivity contribution in [2.75, 3.05) is 25.1 Å². The van der Waals surface area contributed by atoms with Crippen LogP contribution < -0.4 is 15.8 Å². The molecule has 0 saturated carbocycles. The molecule has 2 aromatic rings. The van der Waals surface area contributed by atoms with Crippen molar-refractivity contribution in [2.45, 2.75) is 31.9 Å². The fourth-order valence-electron chi connectivity index (χ4n) is 4.56. The summed E-state index contributed by atoms with van der Waals surface area (Å²) in [6, 6.07) is 5.65. The number of hydrogen-bond acceptors (Lipinski definition) is 8. The number of hydrogen-bond donors (Lipinski definition) is 2. The summed E-state index contributed by atoms with van der Waals surface area (Å²) in [5.41, 5.74) is 6.62. The van der Waals surface area contributed by atoms with E-state index in [0.29, 0.717) is 31.3 Å². The van der Waals surface area contributed by atoms with Crippen molar-refractivity contribution in [3.8, 4) is 5.75 Å². The second kappa shape index (κ2) is 6.15. The number of rotatable bonds is 2. The minimum Gasteiger partial charge on any atom is -0.487 e. The maximum Gasteiger partial charge on any atom is 0.283 e. The van der Waals surface area contributed by atoms with Crippen LogP contribution in [0.1, 0.15) is 35.6 Å². The summed E-state index contributed by atoms with van der Waals surface area (Å²) >= 11 is 0. The predicted molar refractivity (Wildman–Crippen MR) is 108 cm³/mol. The van der Waals surface area contributed by atoms with Gasteiger partial charge in [0.2, 0.25) is 0 Å². The lowest BCUT2D eigenvalue weighted by Gasteiger charge is -2.61. The Morgan fingerprint density at radius 3 is 2.57 bits per heavy atom. The third kappa shape index (κ3) is 2.44. The van der Waals surface area contributed by atoms with E-state index in [1.54, 1.807) is 12.3 Å². The molecule has 1 fully saturated rings. The van der Waals surface area contributed by atoms with Crippen LogP contribution in [0.5, 0.6) is 5.75 Å². The molecule has 9 heteroatoms. The number of aryl methyl sites for hydroxylation is 1. The summed E-state index contributed by atoms with van der Waals surface area (Å²) < 4.78 is 17.6. The molecule has 156 valence electrons. The van der Waals surface area contributed by atoms with E-state index in [4.69, 9.17) is 24.9 Å². The molecule has 1 aromatic carbocycles. The molecule has 0 radical (unpaired) electrons. The maximum atomic E-state index is 12.6. The highest BCUT2D eigenvalue weighted by Crippen LogP contribution is 2.62. The molecule has 5 rings (SSSR count). The molecule has 30 heavy (non-hydrogen) atoms. The molecule has 1 amide bonds. The van der Waals surface area contributed by atoms with E-state index in [1.807, 2.05) is 32.9 Å². The molecule has 4 heterocycles. The van der Waals surface area contributed by atoms with Crippen molar-refractivity contribution in [2.24, 2.45) is 16.1 Å². The summed E-state index contributed by atoms with van der Waals surface area (Å²) in [4.78, 5) is 25.6. The van der Waals surface area contributed by atoms with E-state index in [0.717, 1.165) is 11.3 Å². The quantitative estimate of drug-likeness (QED) is 0.775. The first-order valence-corrected chi connectivity index (χ1v) is 9.76. The topological polar surface area (TPSA) is 121 Å². The molecule has 1 saturated heterocycles. The second-order valence-electron chi connectivity index (χ2n) is 8.49. The van der Waals surface area contributed by atoms with Gasteiger partial charge >= 0.3 is 0 Å². The number of nitrogens with one attached hydrogen (secondary N) is 1. The number of benzene rings is 1. The van der Waals surface area contributed by atoms with Gasteiger partial charge in [-0.1, -0.05) is 0 Å². The lowest BCUT2D eigenvalue weighted by molar-refractivity contribution is -0.247. The van der Waals surface area contributed by atoms with Gasteiger partial charge in [0.05, 0.1) is 30.5 Å². The number of anilines is 1. The van der Waals surface area contributed by atoms with Gasteiger partial charge in [0, 0.05) is 17.4 Å². The van der Waals surface area contributed by atoms with Crippen molar-refractivity contribution in [1.29, 1.82) is 0 Å². The molecule has 0 bridgehead atoms. The van der Waals surface area contributed by atoms with Gasteiger partial charge in [-0.15, -0.1) is 0 Å². The van der Waals surface area contributed by atoms with Crippen LogP contribution in [0.4, 0.5) is 5.69 Å². The molecule has 3 aliphatic heterocycles. The van der Waals surface area contributed by atoms with E-state index in [9.17, 15) is 4.79 Å². The number of carbonyl (C=O) groups excluding carboxylic acids is 1. The molecule has 3 N–H and O–H groups in total. The average molecular weight is 409 g/mol. The highest BCUT2D eigenvalue weighted by molar-refractivity contribution is 6.02. The Balaban J connectivity index is 1.56. The van der Waals surface area contributed by atoms with Crippen LogP contribution >= 0.6 is 0 Å². The zero-order chi connectivity index (χ0) is 21.1. The SMILES string of the molecule is Cc1cnc(C(=O)Nc2ccc3c(c2)C2(COC(N)=N2)C2(COC2)C(C)(C)O3)cn1. The number of amidine groups is 1. The molecular formula is C21H23N5O4. The number of nitrogens with two attached hydrogens (primary N) is 1. The lowest BCUT2D eigenvalue weighted by Crippen LogP contribution is -2.71. The van der Waals surface area contributed by atoms with Crippen molar-refractivity contribution >= 4 is 17.6 Å². The van der Waals surface area contributed by atoms with Crippen LogP contribution in [0.25, 0.3) is 0 Å². The van der Waals surface area contributed by atoms with Crippen molar-refractivity contribution in [1.82, 2.24) is 9.97 Å². The summed E-state index contributed by atoms with van der Waals surface area (Å²) in [6.45, 7) is 7.15. The molecule has 2 spiro atoms. The van der Waals surface area contributed by atoms with Crippen LogP contribution in [0.15, 0.2) is 35.6 Å². The van der Waals surface area contributed by atoms with Crippen LogP contribution in [0, 0.1) is 12.3 Å². The summed E-state index contributed by atoms with van der Waals surface area (Å²) in [5, 5.41) is 2.88. The molecule has 0 aliphatic carbocycles. The van der Waals surface area contributed by atoms with Crippen LogP contribution in [0.2, 0.25) is 0 Å². The van der Waals surface area contributed by atoms with Gasteiger partial charge in [-0.05, 0) is 39.0 Å². The van der Waals surface area contributed by atoms with Crippen molar-refractivity contribution in [3.05, 3.63) is 47.5 Å². The van der Waals surface area contributed by atoms with Crippen LogP contribution in [0.3, 0.4) is 0 Å². The monoisotopic (exact) mass is 409 g/mol. The predicted octanol–water partition coefficient (Wildman–Crippen LogP) is 1.77. The number of amides is 1. The third-order valence-electron chi connectivity index (χ3n) is 6.43. The van der Waals surface area contributed by atoms with E-state index in [-0.39, 0.29) is 17.6 Å². The highest BCUT2D eigenvalue weighted by atomic mass is 16.5. The Kier molecular flexibility index (Phi) is 3.85. The zero-order valence-corrected chi connectivity index (χ0v) is 17.1. The van der Waals surface area contributed by atoms with Gasteiger partial charge in [0.25, 0.3) is 11.9 Å². The van der Waals surface area contributed by atoms with Crippen LogP contribution in [-0.2, 0) is 15.0 Å². The molecule has 1 unspecified atom stereocenters. The van der Waals surface area contributed by atoms with Crippen molar-refractivity contribution in [3.63, 3.8) is 0 Å². The van der Waals surface area contributed by atoms with Crippen LogP contribution in [-0.4, -0.2) is 47.3 Å². The average Bonchev–Trinajstić information content (AvgIpc) is 3.03. The molecule has 9 nitrogen and oxygen atoms in total. The number of aliphatic imine (C=N–C) groups is 1. The number of carbonyl (C=O) groups is 1. The second-order valence-corrected chi connectivity index (χ2v) is 8.49. The normalized spacial score (nSPS) is 25.0. The number of aromatic nitrogens is 2.